The predicted octanol–water partition coefficient (Wildman–Crippen LogP) is 2.13. The summed E-state index contributed by atoms with van der Waals surface area (Å²) in [6, 6.07) is 0. The molecule has 0 amide bonds. The molecule has 1 aliphatic rings. The third kappa shape index (κ3) is 3.51. The number of carbonyl (C=O) groups is 1. The number of thiazole rings is 1. The van der Waals surface area contributed by atoms with Crippen LogP contribution in [0.25, 0.3) is 0 Å². The fourth-order valence-electron chi connectivity index (χ4n) is 1.62. The van der Waals surface area contributed by atoms with Crippen molar-refractivity contribution in [2.45, 2.75) is 33.2 Å². The van der Waals surface area contributed by atoms with Gasteiger partial charge in [0.05, 0.1) is 12.3 Å². The van der Waals surface area contributed by atoms with Crippen molar-refractivity contribution in [2.75, 3.05) is 13.2 Å². The van der Waals surface area contributed by atoms with E-state index in [9.17, 15) is 4.79 Å². The average molecular weight is 254 g/mol. The normalized spacial score (nSPS) is 14.9. The molecule has 2 rings (SSSR count). The Balaban J connectivity index is 1.89. The first-order chi connectivity index (χ1) is 8.20. The molecule has 1 aromatic heterocycles. The molecule has 1 N–H and O–H groups in total. The van der Waals surface area contributed by atoms with Crippen LogP contribution in [0.15, 0.2) is 0 Å². The largest absolute Gasteiger partial charge is 0.462 e. The van der Waals surface area contributed by atoms with Gasteiger partial charge in [-0.1, -0.05) is 0 Å². The van der Waals surface area contributed by atoms with Crippen LogP contribution >= 0.6 is 11.3 Å². The van der Waals surface area contributed by atoms with Gasteiger partial charge in [-0.15, -0.1) is 11.3 Å². The van der Waals surface area contributed by atoms with Crippen molar-refractivity contribution >= 4 is 17.3 Å². The summed E-state index contributed by atoms with van der Waals surface area (Å²) in [7, 11) is 0. The van der Waals surface area contributed by atoms with E-state index in [1.54, 1.807) is 0 Å². The van der Waals surface area contributed by atoms with Gasteiger partial charge in [-0.05, 0) is 39.2 Å². The van der Waals surface area contributed by atoms with Gasteiger partial charge >= 0.3 is 5.97 Å². The van der Waals surface area contributed by atoms with Gasteiger partial charge in [0.1, 0.15) is 9.88 Å². The maximum Gasteiger partial charge on any atom is 0.350 e. The summed E-state index contributed by atoms with van der Waals surface area (Å²) in [4.78, 5) is 16.6. The molecule has 1 aliphatic carbocycles. The number of nitrogens with one attached hydrogen (secondary N) is 1. The summed E-state index contributed by atoms with van der Waals surface area (Å²) < 4.78 is 4.99. The molecular formula is C12H18N2O2S. The second-order valence-electron chi connectivity index (χ2n) is 4.32. The highest BCUT2D eigenvalue weighted by Gasteiger charge is 2.21. The molecule has 0 bridgehead atoms. The molecule has 1 aromatic rings. The lowest BCUT2D eigenvalue weighted by Crippen LogP contribution is -2.15. The Hall–Kier alpha value is -0.940. The maximum atomic E-state index is 11.6. The molecule has 0 atom stereocenters. The first-order valence-corrected chi connectivity index (χ1v) is 6.86. The van der Waals surface area contributed by atoms with Crippen LogP contribution < -0.4 is 5.32 Å². The van der Waals surface area contributed by atoms with Crippen LogP contribution in [0.5, 0.6) is 0 Å². The molecule has 0 spiro atoms. The summed E-state index contributed by atoms with van der Waals surface area (Å²) in [5.74, 6) is 0.608. The van der Waals surface area contributed by atoms with Gasteiger partial charge < -0.3 is 10.1 Å². The van der Waals surface area contributed by atoms with Gasteiger partial charge in [-0.3, -0.25) is 0 Å². The predicted molar refractivity (Wildman–Crippen MR) is 67.2 cm³/mol. The first-order valence-electron chi connectivity index (χ1n) is 6.04. The Bertz CT molecular complexity index is 399. The summed E-state index contributed by atoms with van der Waals surface area (Å²) >= 11 is 1.43. The van der Waals surface area contributed by atoms with E-state index in [1.807, 2.05) is 13.8 Å². The van der Waals surface area contributed by atoms with E-state index < -0.39 is 0 Å². The van der Waals surface area contributed by atoms with Crippen LogP contribution in [0.2, 0.25) is 0 Å². The smallest absolute Gasteiger partial charge is 0.350 e. The highest BCUT2D eigenvalue weighted by molar-refractivity contribution is 7.13. The van der Waals surface area contributed by atoms with E-state index >= 15 is 0 Å². The van der Waals surface area contributed by atoms with Gasteiger partial charge in [0.15, 0.2) is 0 Å². The minimum atomic E-state index is -0.254. The van der Waals surface area contributed by atoms with Crippen molar-refractivity contribution in [2.24, 2.45) is 5.92 Å². The number of carbonyl (C=O) groups excluding carboxylic acids is 1. The minimum Gasteiger partial charge on any atom is -0.462 e. The maximum absolute atomic E-state index is 11.6. The number of rotatable bonds is 6. The van der Waals surface area contributed by atoms with Crippen molar-refractivity contribution in [3.05, 3.63) is 15.6 Å². The van der Waals surface area contributed by atoms with Crippen LogP contribution in [-0.4, -0.2) is 24.1 Å². The minimum absolute atomic E-state index is 0.254. The standard InChI is InChI=1S/C12H18N2O2S/c1-3-16-12(15)11-8(2)14-10(17-11)7-13-6-9-4-5-9/h9,13H,3-7H2,1-2H3. The highest BCUT2D eigenvalue weighted by atomic mass is 32.1. The summed E-state index contributed by atoms with van der Waals surface area (Å²) in [6.07, 6.45) is 2.69. The summed E-state index contributed by atoms with van der Waals surface area (Å²) in [5.41, 5.74) is 0.775. The third-order valence-electron chi connectivity index (χ3n) is 2.71. The van der Waals surface area contributed by atoms with Crippen LogP contribution in [0, 0.1) is 12.8 Å². The van der Waals surface area contributed by atoms with Gasteiger partial charge in [0.25, 0.3) is 0 Å². The van der Waals surface area contributed by atoms with E-state index in [2.05, 4.69) is 10.3 Å². The zero-order valence-corrected chi connectivity index (χ0v) is 11.1. The van der Waals surface area contributed by atoms with Crippen molar-refractivity contribution in [1.29, 1.82) is 0 Å². The Morgan fingerprint density at radius 3 is 3.00 bits per heavy atom. The van der Waals surface area contributed by atoms with Crippen molar-refractivity contribution in [3.63, 3.8) is 0 Å². The molecule has 0 aliphatic heterocycles. The number of aromatic nitrogens is 1. The quantitative estimate of drug-likeness (QED) is 0.790. The van der Waals surface area contributed by atoms with E-state index in [4.69, 9.17) is 4.74 Å². The topological polar surface area (TPSA) is 51.2 Å². The van der Waals surface area contributed by atoms with E-state index in [1.165, 1.54) is 24.2 Å². The number of esters is 1. The van der Waals surface area contributed by atoms with Gasteiger partial charge in [0.2, 0.25) is 0 Å². The fourth-order valence-corrected chi connectivity index (χ4v) is 2.55. The second kappa shape index (κ2) is 5.60. The zero-order valence-electron chi connectivity index (χ0n) is 10.3. The Morgan fingerprint density at radius 1 is 1.59 bits per heavy atom. The van der Waals surface area contributed by atoms with E-state index in [0.717, 1.165) is 29.7 Å². The molecule has 1 saturated carbocycles. The van der Waals surface area contributed by atoms with Crippen molar-refractivity contribution < 1.29 is 9.53 Å². The Morgan fingerprint density at radius 2 is 2.35 bits per heavy atom. The van der Waals surface area contributed by atoms with Crippen LogP contribution in [0.3, 0.4) is 0 Å². The first kappa shape index (κ1) is 12.5. The Kier molecular flexibility index (Phi) is 4.12. The summed E-state index contributed by atoms with van der Waals surface area (Å²) in [6.45, 7) is 5.89. The van der Waals surface area contributed by atoms with Gasteiger partial charge in [0, 0.05) is 6.54 Å². The number of aryl methyl sites for hydroxylation is 1. The number of hydrogen-bond donors (Lipinski definition) is 1. The third-order valence-corrected chi connectivity index (χ3v) is 3.85. The molecule has 5 heteroatoms. The molecule has 4 nitrogen and oxygen atoms in total. The van der Waals surface area contributed by atoms with E-state index in [0.29, 0.717) is 11.5 Å². The molecule has 1 heterocycles. The second-order valence-corrected chi connectivity index (χ2v) is 5.40. The van der Waals surface area contributed by atoms with Crippen LogP contribution in [0.1, 0.15) is 40.1 Å². The van der Waals surface area contributed by atoms with E-state index in [-0.39, 0.29) is 5.97 Å². The molecule has 0 saturated heterocycles. The fraction of sp³-hybridized carbons (Fsp3) is 0.667. The lowest BCUT2D eigenvalue weighted by molar-refractivity contribution is 0.0531. The summed E-state index contributed by atoms with van der Waals surface area (Å²) in [5, 5.41) is 4.33. The molecule has 0 aromatic carbocycles. The molecule has 0 radical (unpaired) electrons. The van der Waals surface area contributed by atoms with Crippen molar-refractivity contribution in [1.82, 2.24) is 10.3 Å². The van der Waals surface area contributed by atoms with Gasteiger partial charge in [-0.2, -0.15) is 0 Å². The van der Waals surface area contributed by atoms with Gasteiger partial charge in [-0.25, -0.2) is 9.78 Å². The lowest BCUT2D eigenvalue weighted by atomic mass is 10.4. The van der Waals surface area contributed by atoms with Crippen molar-refractivity contribution in [3.8, 4) is 0 Å². The lowest BCUT2D eigenvalue weighted by Gasteiger charge is -1.99. The molecule has 0 unspecified atom stereocenters. The number of ether oxygens (including phenoxy) is 1. The van der Waals surface area contributed by atoms with Crippen LogP contribution in [-0.2, 0) is 11.3 Å². The SMILES string of the molecule is CCOC(=O)c1sc(CNCC2CC2)nc1C. The molecule has 1 fully saturated rings. The average Bonchev–Trinajstić information content (AvgIpc) is 3.02. The monoisotopic (exact) mass is 254 g/mol. The van der Waals surface area contributed by atoms with Crippen LogP contribution in [0.4, 0.5) is 0 Å². The molecular weight excluding hydrogens is 236 g/mol. The number of nitrogens with zero attached hydrogens (tertiary/aromatic N) is 1. The molecule has 94 valence electrons. The Labute approximate surface area is 105 Å². The molecule has 17 heavy (non-hydrogen) atoms. The highest BCUT2D eigenvalue weighted by Crippen LogP contribution is 2.27. The number of hydrogen-bond acceptors (Lipinski definition) is 5. The zero-order chi connectivity index (χ0) is 12.3.